The van der Waals surface area contributed by atoms with E-state index in [4.69, 9.17) is 4.74 Å². The van der Waals surface area contributed by atoms with E-state index >= 15 is 0 Å². The molecule has 0 aliphatic heterocycles. The third-order valence-corrected chi connectivity index (χ3v) is 4.74. The van der Waals surface area contributed by atoms with Gasteiger partial charge in [0.15, 0.2) is 0 Å². The van der Waals surface area contributed by atoms with Crippen molar-refractivity contribution in [2.75, 3.05) is 13.2 Å². The molecule has 0 unspecified atom stereocenters. The molecule has 1 atom stereocenters. The third-order valence-electron chi connectivity index (χ3n) is 4.74. The van der Waals surface area contributed by atoms with Crippen LogP contribution in [-0.2, 0) is 5.92 Å². The number of nitrogens with zero attached hydrogens (tertiary/aromatic N) is 6. The van der Waals surface area contributed by atoms with Crippen LogP contribution in [0.1, 0.15) is 42.3 Å². The lowest BCUT2D eigenvalue weighted by Crippen LogP contribution is -2.42. The molecule has 3 aromatic rings. The summed E-state index contributed by atoms with van der Waals surface area (Å²) in [5, 5.41) is 8.26. The molecule has 0 fully saturated rings. The fraction of sp³-hybridized carbons (Fsp3) is 0.381. The summed E-state index contributed by atoms with van der Waals surface area (Å²) < 4.78 is 32.1. The fourth-order valence-corrected chi connectivity index (χ4v) is 3.05. The molecule has 0 radical (unpaired) electrons. The second-order valence-electron chi connectivity index (χ2n) is 7.23. The fourth-order valence-electron chi connectivity index (χ4n) is 3.05. The van der Waals surface area contributed by atoms with Crippen LogP contribution in [0, 0.1) is 6.92 Å². The van der Waals surface area contributed by atoms with Crippen molar-refractivity contribution in [2.24, 2.45) is 0 Å². The number of carbonyl (C=O) groups is 1. The second kappa shape index (κ2) is 9.15. The van der Waals surface area contributed by atoms with Gasteiger partial charge in [0.1, 0.15) is 6.61 Å². The minimum atomic E-state index is -3.02. The highest BCUT2D eigenvalue weighted by Crippen LogP contribution is 2.26. The normalized spacial score (nSPS) is 12.5. The van der Waals surface area contributed by atoms with Crippen LogP contribution in [0.5, 0.6) is 6.01 Å². The van der Waals surface area contributed by atoms with Gasteiger partial charge in [0, 0.05) is 25.9 Å². The summed E-state index contributed by atoms with van der Waals surface area (Å²) in [7, 11) is 0. The average molecular weight is 430 g/mol. The molecule has 31 heavy (non-hydrogen) atoms. The molecule has 164 valence electrons. The van der Waals surface area contributed by atoms with Gasteiger partial charge in [0.05, 0.1) is 35.2 Å². The predicted molar refractivity (Wildman–Crippen MR) is 109 cm³/mol. The highest BCUT2D eigenvalue weighted by atomic mass is 19.3. The molecule has 1 aromatic carbocycles. The molecule has 0 spiro atoms. The van der Waals surface area contributed by atoms with Crippen molar-refractivity contribution >= 4 is 5.91 Å². The molecule has 1 amide bonds. The lowest BCUT2D eigenvalue weighted by molar-refractivity contribution is 0.0165. The van der Waals surface area contributed by atoms with Gasteiger partial charge in [-0.3, -0.25) is 4.79 Å². The lowest BCUT2D eigenvalue weighted by Gasteiger charge is -2.28. The van der Waals surface area contributed by atoms with E-state index in [0.717, 1.165) is 24.9 Å². The molecule has 2 aromatic heterocycles. The molecule has 0 N–H and O–H groups in total. The van der Waals surface area contributed by atoms with Crippen LogP contribution < -0.4 is 4.74 Å². The molecule has 10 heteroatoms. The molecular formula is C21H24F2N6O2. The van der Waals surface area contributed by atoms with Crippen molar-refractivity contribution in [3.8, 4) is 11.7 Å². The summed E-state index contributed by atoms with van der Waals surface area (Å²) in [4.78, 5) is 24.0. The second-order valence-corrected chi connectivity index (χ2v) is 7.23. The van der Waals surface area contributed by atoms with Crippen molar-refractivity contribution in [1.29, 1.82) is 0 Å². The molecule has 8 nitrogen and oxygen atoms in total. The zero-order valence-corrected chi connectivity index (χ0v) is 17.8. The highest BCUT2D eigenvalue weighted by molar-refractivity contribution is 5.98. The Morgan fingerprint density at radius 1 is 1.23 bits per heavy atom. The number of aryl methyl sites for hydroxylation is 1. The molecule has 0 bridgehead atoms. The van der Waals surface area contributed by atoms with Crippen LogP contribution >= 0.6 is 0 Å². The number of benzene rings is 1. The molecule has 0 saturated heterocycles. The van der Waals surface area contributed by atoms with Crippen LogP contribution in [0.3, 0.4) is 0 Å². The Labute approximate surface area is 178 Å². The monoisotopic (exact) mass is 430 g/mol. The van der Waals surface area contributed by atoms with Crippen molar-refractivity contribution in [3.05, 3.63) is 59.7 Å². The van der Waals surface area contributed by atoms with Gasteiger partial charge in [-0.05, 0) is 32.9 Å². The minimum absolute atomic E-state index is 0.0275. The Morgan fingerprint density at radius 3 is 2.45 bits per heavy atom. The van der Waals surface area contributed by atoms with E-state index in [-0.39, 0.29) is 30.1 Å². The Bertz CT molecular complexity index is 1020. The van der Waals surface area contributed by atoms with Crippen LogP contribution in [0.15, 0.2) is 43.0 Å². The standard InChI is InChI=1S/C21H24F2N6O2/c1-5-28(15(3)13-31-20-24-11-16(12-25-20)21(4,22)23)19(30)17-10-14(2)6-7-18(17)29-26-8-9-27-29/h6-12,15H,5,13H2,1-4H3/t15-/m0/s1. The van der Waals surface area contributed by atoms with Crippen molar-refractivity contribution in [1.82, 2.24) is 29.9 Å². The average Bonchev–Trinajstić information content (AvgIpc) is 3.27. The molecule has 0 aliphatic carbocycles. The van der Waals surface area contributed by atoms with E-state index in [9.17, 15) is 13.6 Å². The van der Waals surface area contributed by atoms with E-state index < -0.39 is 5.92 Å². The predicted octanol–water partition coefficient (Wildman–Crippen LogP) is 3.41. The van der Waals surface area contributed by atoms with Crippen LogP contribution in [0.4, 0.5) is 8.78 Å². The van der Waals surface area contributed by atoms with E-state index in [1.54, 1.807) is 29.4 Å². The van der Waals surface area contributed by atoms with E-state index in [0.29, 0.717) is 17.8 Å². The Kier molecular flexibility index (Phi) is 6.57. The molecule has 0 saturated carbocycles. The van der Waals surface area contributed by atoms with E-state index in [2.05, 4.69) is 20.2 Å². The number of ether oxygens (including phenoxy) is 1. The van der Waals surface area contributed by atoms with E-state index in [1.807, 2.05) is 26.8 Å². The van der Waals surface area contributed by atoms with Gasteiger partial charge in [-0.15, -0.1) is 0 Å². The van der Waals surface area contributed by atoms with Crippen LogP contribution in [0.25, 0.3) is 5.69 Å². The highest BCUT2D eigenvalue weighted by Gasteiger charge is 2.26. The largest absolute Gasteiger partial charge is 0.461 e. The maximum absolute atomic E-state index is 13.3. The van der Waals surface area contributed by atoms with E-state index in [1.165, 1.54) is 4.80 Å². The van der Waals surface area contributed by atoms with Gasteiger partial charge in [0.2, 0.25) is 0 Å². The van der Waals surface area contributed by atoms with Gasteiger partial charge in [-0.2, -0.15) is 15.0 Å². The SMILES string of the molecule is CCN(C(=O)c1cc(C)ccc1-n1nccn1)[C@@H](C)COc1ncc(C(C)(F)F)cn1. The summed E-state index contributed by atoms with van der Waals surface area (Å²) in [6, 6.07) is 5.13. The number of hydrogen-bond donors (Lipinski definition) is 0. The van der Waals surface area contributed by atoms with Crippen LogP contribution in [-0.4, -0.2) is 55.0 Å². The quantitative estimate of drug-likeness (QED) is 0.544. The van der Waals surface area contributed by atoms with Crippen molar-refractivity contribution < 1.29 is 18.3 Å². The first-order chi connectivity index (χ1) is 14.7. The van der Waals surface area contributed by atoms with Gasteiger partial charge in [0.25, 0.3) is 11.8 Å². The smallest absolute Gasteiger partial charge is 0.316 e. The number of aromatic nitrogens is 5. The molecule has 0 aliphatic rings. The van der Waals surface area contributed by atoms with Crippen LogP contribution in [0.2, 0.25) is 0 Å². The van der Waals surface area contributed by atoms with Gasteiger partial charge in [-0.1, -0.05) is 11.6 Å². The zero-order chi connectivity index (χ0) is 22.6. The number of amides is 1. The number of halogens is 2. The van der Waals surface area contributed by atoms with Gasteiger partial charge >= 0.3 is 6.01 Å². The Balaban J connectivity index is 1.74. The first-order valence-electron chi connectivity index (χ1n) is 9.82. The number of carbonyl (C=O) groups excluding carboxylic acids is 1. The number of likely N-dealkylation sites (N-methyl/N-ethyl adjacent to an activating group) is 1. The Morgan fingerprint density at radius 2 is 1.87 bits per heavy atom. The zero-order valence-electron chi connectivity index (χ0n) is 17.8. The minimum Gasteiger partial charge on any atom is -0.461 e. The topological polar surface area (TPSA) is 86.0 Å². The first kappa shape index (κ1) is 22.3. The summed E-state index contributed by atoms with van der Waals surface area (Å²) in [6.07, 6.45) is 5.15. The third kappa shape index (κ3) is 5.19. The van der Waals surface area contributed by atoms with Crippen molar-refractivity contribution in [3.63, 3.8) is 0 Å². The molecule has 2 heterocycles. The number of rotatable bonds is 8. The summed E-state index contributed by atoms with van der Waals surface area (Å²) in [5.41, 5.74) is 1.68. The number of alkyl halides is 2. The maximum atomic E-state index is 13.3. The van der Waals surface area contributed by atoms with Crippen molar-refractivity contribution in [2.45, 2.75) is 39.7 Å². The summed E-state index contributed by atoms with van der Waals surface area (Å²) in [6.45, 7) is 6.91. The summed E-state index contributed by atoms with van der Waals surface area (Å²) in [5.74, 6) is -3.22. The number of hydrogen-bond acceptors (Lipinski definition) is 6. The Hall–Kier alpha value is -3.43. The van der Waals surface area contributed by atoms with Gasteiger partial charge < -0.3 is 9.64 Å². The maximum Gasteiger partial charge on any atom is 0.316 e. The molecule has 3 rings (SSSR count). The summed E-state index contributed by atoms with van der Waals surface area (Å²) >= 11 is 0. The molecular weight excluding hydrogens is 406 g/mol. The first-order valence-corrected chi connectivity index (χ1v) is 9.82. The lowest BCUT2D eigenvalue weighted by atomic mass is 10.1. The van der Waals surface area contributed by atoms with Gasteiger partial charge in [-0.25, -0.2) is 18.7 Å².